The first kappa shape index (κ1) is 20.2. The number of nitrogens with one attached hydrogen (secondary N) is 2. The number of allylic oxidation sites excluding steroid dienone is 1. The molecule has 1 atom stereocenters. The Balaban J connectivity index is 1.86. The Hall–Kier alpha value is -3.55. The normalized spacial score (nSPS) is 16.7. The molecule has 0 fully saturated rings. The highest BCUT2D eigenvalue weighted by molar-refractivity contribution is 6.02. The lowest BCUT2D eigenvalue weighted by Gasteiger charge is -2.33. The van der Waals surface area contributed by atoms with Crippen LogP contribution in [0.5, 0.6) is 0 Å². The van der Waals surface area contributed by atoms with Gasteiger partial charge in [0, 0.05) is 18.4 Å². The monoisotopic (exact) mass is 397 g/mol. The van der Waals surface area contributed by atoms with Crippen LogP contribution in [0.1, 0.15) is 42.9 Å². The molecule has 0 radical (unpaired) electrons. The average molecular weight is 397 g/mol. The Morgan fingerprint density at radius 1 is 1.21 bits per heavy atom. The molecular formula is C21H23N3O5. The number of benzene rings is 1. The zero-order chi connectivity index (χ0) is 21.1. The van der Waals surface area contributed by atoms with E-state index in [1.54, 1.807) is 64.2 Å². The molecule has 3 amide bonds. The number of hydrogen-bond donors (Lipinski definition) is 2. The zero-order valence-corrected chi connectivity index (χ0v) is 16.7. The van der Waals surface area contributed by atoms with Gasteiger partial charge in [-0.3, -0.25) is 4.79 Å². The first-order chi connectivity index (χ1) is 13.8. The summed E-state index contributed by atoms with van der Waals surface area (Å²) in [7, 11) is 1.59. The maximum absolute atomic E-state index is 12.7. The van der Waals surface area contributed by atoms with Gasteiger partial charge < -0.3 is 24.7 Å². The van der Waals surface area contributed by atoms with Gasteiger partial charge >= 0.3 is 12.0 Å². The maximum atomic E-state index is 12.7. The molecule has 0 aliphatic carbocycles. The fraction of sp³-hybridized carbons (Fsp3) is 0.286. The van der Waals surface area contributed by atoms with Crippen LogP contribution in [0, 0.1) is 0 Å². The third-order valence-electron chi connectivity index (χ3n) is 4.56. The molecule has 152 valence electrons. The molecule has 1 aliphatic rings. The molecule has 0 bridgehead atoms. The van der Waals surface area contributed by atoms with E-state index in [4.69, 9.17) is 9.15 Å². The molecule has 0 saturated carbocycles. The Morgan fingerprint density at radius 3 is 2.48 bits per heavy atom. The molecule has 8 nitrogen and oxygen atoms in total. The van der Waals surface area contributed by atoms with E-state index in [0.717, 1.165) is 0 Å². The molecular weight excluding hydrogens is 374 g/mol. The van der Waals surface area contributed by atoms with Gasteiger partial charge in [0.1, 0.15) is 0 Å². The highest BCUT2D eigenvalue weighted by atomic mass is 16.5. The average Bonchev–Trinajstić information content (AvgIpc) is 3.20. The summed E-state index contributed by atoms with van der Waals surface area (Å²) in [5, 5.41) is 5.55. The van der Waals surface area contributed by atoms with E-state index in [9.17, 15) is 14.4 Å². The number of esters is 1. The molecule has 1 unspecified atom stereocenters. The second kappa shape index (κ2) is 8.22. The van der Waals surface area contributed by atoms with Gasteiger partial charge in [-0.1, -0.05) is 12.1 Å². The number of urea groups is 1. The number of anilines is 1. The fourth-order valence-corrected chi connectivity index (χ4v) is 2.99. The van der Waals surface area contributed by atoms with E-state index < -0.39 is 12.0 Å². The number of carbonyl (C=O) groups excluding carboxylic acids is 3. The summed E-state index contributed by atoms with van der Waals surface area (Å²) < 4.78 is 10.4. The molecule has 0 saturated heterocycles. The Morgan fingerprint density at radius 2 is 1.90 bits per heavy atom. The van der Waals surface area contributed by atoms with Gasteiger partial charge in [-0.05, 0) is 50.6 Å². The smallest absolute Gasteiger partial charge is 0.338 e. The number of nitrogens with zero attached hydrogens (tertiary/aromatic N) is 1. The third-order valence-corrected chi connectivity index (χ3v) is 4.56. The molecule has 1 aliphatic heterocycles. The van der Waals surface area contributed by atoms with Crippen LogP contribution in [0.4, 0.5) is 10.5 Å². The first-order valence-corrected chi connectivity index (χ1v) is 9.18. The molecule has 29 heavy (non-hydrogen) atoms. The quantitative estimate of drug-likeness (QED) is 0.753. The minimum absolute atomic E-state index is 0.203. The number of carbonyl (C=O) groups is 3. The SMILES string of the molecule is CC1=C(C(=O)OC(C)C)C(c2ccc(NC(=O)c3ccco3)cc2)NC(=O)N1C. The van der Waals surface area contributed by atoms with Crippen molar-refractivity contribution in [1.82, 2.24) is 10.2 Å². The number of hydrogen-bond acceptors (Lipinski definition) is 5. The molecule has 8 heteroatoms. The van der Waals surface area contributed by atoms with Crippen LogP contribution in [0.2, 0.25) is 0 Å². The summed E-state index contributed by atoms with van der Waals surface area (Å²) in [4.78, 5) is 38.4. The number of rotatable bonds is 5. The maximum Gasteiger partial charge on any atom is 0.338 e. The fourth-order valence-electron chi connectivity index (χ4n) is 2.99. The molecule has 3 rings (SSSR count). The second-order valence-electron chi connectivity index (χ2n) is 6.95. The standard InChI is InChI=1S/C21H23N3O5/c1-12(2)29-20(26)17-13(3)24(4)21(27)23-18(17)14-7-9-15(10-8-14)22-19(25)16-6-5-11-28-16/h5-12,18H,1-4H3,(H,22,25)(H,23,27). The van der Waals surface area contributed by atoms with Crippen LogP contribution in [-0.2, 0) is 9.53 Å². The van der Waals surface area contributed by atoms with Crippen LogP contribution in [0.25, 0.3) is 0 Å². The van der Waals surface area contributed by atoms with Crippen molar-refractivity contribution >= 4 is 23.6 Å². The highest BCUT2D eigenvalue weighted by Gasteiger charge is 2.35. The van der Waals surface area contributed by atoms with Gasteiger partial charge in [0.25, 0.3) is 5.91 Å². The summed E-state index contributed by atoms with van der Waals surface area (Å²) in [6.45, 7) is 5.25. The van der Waals surface area contributed by atoms with Crippen molar-refractivity contribution in [3.05, 3.63) is 65.3 Å². The summed E-state index contributed by atoms with van der Waals surface area (Å²) in [6, 6.07) is 9.10. The van der Waals surface area contributed by atoms with Gasteiger partial charge in [0.05, 0.1) is 24.0 Å². The van der Waals surface area contributed by atoms with Crippen molar-refractivity contribution in [2.24, 2.45) is 0 Å². The van der Waals surface area contributed by atoms with E-state index in [0.29, 0.717) is 22.5 Å². The zero-order valence-electron chi connectivity index (χ0n) is 16.7. The van der Waals surface area contributed by atoms with Crippen molar-refractivity contribution in [2.75, 3.05) is 12.4 Å². The van der Waals surface area contributed by atoms with Crippen LogP contribution in [0.15, 0.2) is 58.3 Å². The van der Waals surface area contributed by atoms with E-state index in [1.807, 2.05) is 0 Å². The Bertz CT molecular complexity index is 945. The molecule has 2 aromatic rings. The van der Waals surface area contributed by atoms with Crippen molar-refractivity contribution in [3.63, 3.8) is 0 Å². The summed E-state index contributed by atoms with van der Waals surface area (Å²) >= 11 is 0. The number of ether oxygens (including phenoxy) is 1. The number of amides is 3. The van der Waals surface area contributed by atoms with Crippen molar-refractivity contribution < 1.29 is 23.5 Å². The van der Waals surface area contributed by atoms with Crippen LogP contribution in [-0.4, -0.2) is 36.0 Å². The van der Waals surface area contributed by atoms with Gasteiger partial charge in [0.2, 0.25) is 0 Å². The minimum atomic E-state index is -0.653. The molecule has 2 heterocycles. The van der Waals surface area contributed by atoms with Crippen molar-refractivity contribution in [2.45, 2.75) is 32.9 Å². The first-order valence-electron chi connectivity index (χ1n) is 9.18. The second-order valence-corrected chi connectivity index (χ2v) is 6.95. The third kappa shape index (κ3) is 4.31. The van der Waals surface area contributed by atoms with Gasteiger partial charge in [-0.25, -0.2) is 9.59 Å². The van der Waals surface area contributed by atoms with Crippen LogP contribution in [0.3, 0.4) is 0 Å². The Labute approximate surface area is 168 Å². The van der Waals surface area contributed by atoms with Crippen LogP contribution >= 0.6 is 0 Å². The number of furan rings is 1. The molecule has 1 aromatic carbocycles. The van der Waals surface area contributed by atoms with Gasteiger partial charge in [-0.15, -0.1) is 0 Å². The molecule has 1 aromatic heterocycles. The Kier molecular flexibility index (Phi) is 5.72. The van der Waals surface area contributed by atoms with Crippen molar-refractivity contribution in [1.29, 1.82) is 0 Å². The topological polar surface area (TPSA) is 101 Å². The van der Waals surface area contributed by atoms with Gasteiger partial charge in [0.15, 0.2) is 5.76 Å². The summed E-state index contributed by atoms with van der Waals surface area (Å²) in [5.41, 5.74) is 2.15. The predicted molar refractivity (Wildman–Crippen MR) is 106 cm³/mol. The van der Waals surface area contributed by atoms with E-state index >= 15 is 0 Å². The lowest BCUT2D eigenvalue weighted by atomic mass is 9.95. The molecule has 0 spiro atoms. The molecule has 2 N–H and O–H groups in total. The predicted octanol–water partition coefficient (Wildman–Crippen LogP) is 3.45. The minimum Gasteiger partial charge on any atom is -0.459 e. The van der Waals surface area contributed by atoms with E-state index in [2.05, 4.69) is 10.6 Å². The lowest BCUT2D eigenvalue weighted by molar-refractivity contribution is -0.143. The van der Waals surface area contributed by atoms with E-state index in [-0.39, 0.29) is 23.8 Å². The van der Waals surface area contributed by atoms with Crippen molar-refractivity contribution in [3.8, 4) is 0 Å². The van der Waals surface area contributed by atoms with E-state index in [1.165, 1.54) is 11.2 Å². The summed E-state index contributed by atoms with van der Waals surface area (Å²) in [6.07, 6.45) is 1.14. The van der Waals surface area contributed by atoms with Crippen LogP contribution < -0.4 is 10.6 Å². The highest BCUT2D eigenvalue weighted by Crippen LogP contribution is 2.31. The van der Waals surface area contributed by atoms with Gasteiger partial charge in [-0.2, -0.15) is 0 Å². The summed E-state index contributed by atoms with van der Waals surface area (Å²) in [5.74, 6) is -0.647. The lowest BCUT2D eigenvalue weighted by Crippen LogP contribution is -2.46. The largest absolute Gasteiger partial charge is 0.459 e.